The molecular weight excluding hydrogens is 261 g/mol. The quantitative estimate of drug-likeness (QED) is 0.754. The molecule has 0 spiro atoms. The van der Waals surface area contributed by atoms with Gasteiger partial charge in [-0.1, -0.05) is 6.07 Å². The van der Waals surface area contributed by atoms with Crippen LogP contribution in [0, 0.1) is 6.92 Å². The molecule has 6 heteroatoms. The Morgan fingerprint density at radius 3 is 2.56 bits per heavy atom. The minimum atomic E-state index is -4.33. The summed E-state index contributed by atoms with van der Waals surface area (Å²) in [4.78, 5) is 4.89. The van der Waals surface area contributed by atoms with Gasteiger partial charge in [0.25, 0.3) is 0 Å². The number of rotatable bonds is 1. The van der Waals surface area contributed by atoms with Crippen molar-refractivity contribution >= 4 is 17.0 Å². The van der Waals surface area contributed by atoms with E-state index in [0.717, 1.165) is 17.8 Å². The van der Waals surface area contributed by atoms with Crippen molar-refractivity contribution in [3.63, 3.8) is 0 Å². The fraction of sp³-hybridized carbons (Fsp3) is 0.250. The molecule has 2 aromatic rings. The van der Waals surface area contributed by atoms with Gasteiger partial charge in [-0.2, -0.15) is 13.2 Å². The number of alkyl halides is 3. The molecule has 0 amide bonds. The molecule has 0 aliphatic heterocycles. The standard InChI is InChI=1S/C12H11F3N2S/c1-8-7-18-11(17(8)2)16-10-5-3-4-9(6-10)12(13,14)15/h3-7H,1-2H3. The molecule has 0 saturated heterocycles. The third-order valence-electron chi connectivity index (χ3n) is 2.55. The van der Waals surface area contributed by atoms with Gasteiger partial charge in [-0.15, -0.1) is 11.3 Å². The number of halogens is 3. The largest absolute Gasteiger partial charge is 0.416 e. The first kappa shape index (κ1) is 12.9. The highest BCUT2D eigenvalue weighted by Gasteiger charge is 2.30. The Labute approximate surface area is 106 Å². The van der Waals surface area contributed by atoms with Gasteiger partial charge in [0.15, 0.2) is 4.80 Å². The maximum atomic E-state index is 12.5. The van der Waals surface area contributed by atoms with Crippen molar-refractivity contribution in [2.45, 2.75) is 13.1 Å². The molecule has 0 unspecified atom stereocenters. The molecule has 0 fully saturated rings. The van der Waals surface area contributed by atoms with E-state index in [-0.39, 0.29) is 0 Å². The lowest BCUT2D eigenvalue weighted by Crippen LogP contribution is -2.11. The summed E-state index contributed by atoms with van der Waals surface area (Å²) < 4.78 is 39.5. The first-order valence-corrected chi connectivity index (χ1v) is 6.09. The molecule has 2 nitrogen and oxygen atoms in total. The number of hydrogen-bond acceptors (Lipinski definition) is 2. The summed E-state index contributed by atoms with van der Waals surface area (Å²) in [7, 11) is 1.83. The van der Waals surface area contributed by atoms with Crippen molar-refractivity contribution in [2.75, 3.05) is 0 Å². The van der Waals surface area contributed by atoms with E-state index in [4.69, 9.17) is 0 Å². The van der Waals surface area contributed by atoms with E-state index in [1.54, 1.807) is 6.07 Å². The smallest absolute Gasteiger partial charge is 0.324 e. The Bertz CT molecular complexity index is 623. The molecule has 2 rings (SSSR count). The summed E-state index contributed by atoms with van der Waals surface area (Å²) in [5.74, 6) is 0. The average Bonchev–Trinajstić information content (AvgIpc) is 2.60. The van der Waals surface area contributed by atoms with Gasteiger partial charge < -0.3 is 4.57 Å². The molecule has 1 heterocycles. The highest BCUT2D eigenvalue weighted by atomic mass is 32.1. The Hall–Kier alpha value is -1.56. The molecule has 0 N–H and O–H groups in total. The van der Waals surface area contributed by atoms with Crippen LogP contribution in [-0.4, -0.2) is 4.57 Å². The van der Waals surface area contributed by atoms with E-state index in [1.807, 2.05) is 23.9 Å². The second kappa shape index (κ2) is 4.61. The lowest BCUT2D eigenvalue weighted by atomic mass is 10.2. The molecule has 0 aliphatic rings. The number of benzene rings is 1. The minimum absolute atomic E-state index is 0.308. The maximum absolute atomic E-state index is 12.5. The molecule has 0 saturated carbocycles. The molecule has 1 aromatic carbocycles. The summed E-state index contributed by atoms with van der Waals surface area (Å²) in [5, 5.41) is 1.91. The van der Waals surface area contributed by atoms with E-state index >= 15 is 0 Å². The molecule has 0 atom stereocenters. The predicted molar refractivity (Wildman–Crippen MR) is 64.7 cm³/mol. The van der Waals surface area contributed by atoms with Gasteiger partial charge in [0.2, 0.25) is 0 Å². The lowest BCUT2D eigenvalue weighted by Gasteiger charge is -2.06. The van der Waals surface area contributed by atoms with Gasteiger partial charge in [0.1, 0.15) is 0 Å². The predicted octanol–water partition coefficient (Wildman–Crippen LogP) is 3.65. The highest BCUT2D eigenvalue weighted by Crippen LogP contribution is 2.31. The van der Waals surface area contributed by atoms with Crippen LogP contribution in [-0.2, 0) is 13.2 Å². The zero-order valence-corrected chi connectivity index (χ0v) is 10.6. The monoisotopic (exact) mass is 272 g/mol. The highest BCUT2D eigenvalue weighted by molar-refractivity contribution is 7.07. The van der Waals surface area contributed by atoms with Gasteiger partial charge in [0.05, 0.1) is 11.3 Å². The lowest BCUT2D eigenvalue weighted by molar-refractivity contribution is -0.137. The van der Waals surface area contributed by atoms with Gasteiger partial charge in [-0.3, -0.25) is 0 Å². The van der Waals surface area contributed by atoms with Crippen molar-refractivity contribution < 1.29 is 13.2 Å². The van der Waals surface area contributed by atoms with Crippen LogP contribution in [0.3, 0.4) is 0 Å². The second-order valence-electron chi connectivity index (χ2n) is 3.88. The third kappa shape index (κ3) is 2.64. The zero-order chi connectivity index (χ0) is 13.3. The first-order chi connectivity index (χ1) is 8.38. The molecular formula is C12H11F3N2S. The Kier molecular flexibility index (Phi) is 3.30. The molecule has 18 heavy (non-hydrogen) atoms. The normalized spacial score (nSPS) is 13.1. The minimum Gasteiger partial charge on any atom is -0.324 e. The van der Waals surface area contributed by atoms with Crippen LogP contribution in [0.25, 0.3) is 0 Å². The van der Waals surface area contributed by atoms with Gasteiger partial charge in [-0.25, -0.2) is 4.99 Å². The Balaban J connectivity index is 2.48. The van der Waals surface area contributed by atoms with Crippen molar-refractivity contribution in [3.8, 4) is 0 Å². The van der Waals surface area contributed by atoms with E-state index in [1.165, 1.54) is 17.4 Å². The van der Waals surface area contributed by atoms with Crippen LogP contribution < -0.4 is 4.80 Å². The number of thiazole rings is 1. The fourth-order valence-electron chi connectivity index (χ4n) is 1.41. The zero-order valence-electron chi connectivity index (χ0n) is 9.82. The number of aryl methyl sites for hydroxylation is 1. The number of hydrogen-bond donors (Lipinski definition) is 0. The van der Waals surface area contributed by atoms with Crippen LogP contribution in [0.5, 0.6) is 0 Å². The molecule has 0 bridgehead atoms. The Morgan fingerprint density at radius 2 is 2.00 bits per heavy atom. The van der Waals surface area contributed by atoms with Crippen LogP contribution in [0.1, 0.15) is 11.3 Å². The van der Waals surface area contributed by atoms with E-state index in [2.05, 4.69) is 4.99 Å². The maximum Gasteiger partial charge on any atom is 0.416 e. The topological polar surface area (TPSA) is 17.3 Å². The van der Waals surface area contributed by atoms with Crippen molar-refractivity contribution in [3.05, 3.63) is 45.7 Å². The second-order valence-corrected chi connectivity index (χ2v) is 4.72. The fourth-order valence-corrected chi connectivity index (χ4v) is 2.30. The first-order valence-electron chi connectivity index (χ1n) is 5.21. The SMILES string of the molecule is Cc1csc(=Nc2cccc(C(F)(F)F)c2)n1C. The van der Waals surface area contributed by atoms with E-state index in [0.29, 0.717) is 10.5 Å². The van der Waals surface area contributed by atoms with Crippen LogP contribution in [0.4, 0.5) is 18.9 Å². The van der Waals surface area contributed by atoms with Crippen molar-refractivity contribution in [2.24, 2.45) is 12.0 Å². The molecule has 1 aromatic heterocycles. The summed E-state index contributed by atoms with van der Waals surface area (Å²) in [6, 6.07) is 5.01. The summed E-state index contributed by atoms with van der Waals surface area (Å²) in [5.41, 5.74) is 0.646. The van der Waals surface area contributed by atoms with Gasteiger partial charge >= 0.3 is 6.18 Å². The van der Waals surface area contributed by atoms with E-state index in [9.17, 15) is 13.2 Å². The average molecular weight is 272 g/mol. The molecule has 0 aliphatic carbocycles. The Morgan fingerprint density at radius 1 is 1.28 bits per heavy atom. The van der Waals surface area contributed by atoms with Crippen molar-refractivity contribution in [1.29, 1.82) is 0 Å². The van der Waals surface area contributed by atoms with Crippen LogP contribution >= 0.6 is 11.3 Å². The summed E-state index contributed by atoms with van der Waals surface area (Å²) >= 11 is 1.40. The van der Waals surface area contributed by atoms with Crippen LogP contribution in [0.2, 0.25) is 0 Å². The van der Waals surface area contributed by atoms with Gasteiger partial charge in [-0.05, 0) is 25.1 Å². The van der Waals surface area contributed by atoms with Crippen molar-refractivity contribution in [1.82, 2.24) is 4.57 Å². The van der Waals surface area contributed by atoms with Crippen LogP contribution in [0.15, 0.2) is 34.6 Å². The third-order valence-corrected chi connectivity index (χ3v) is 3.58. The molecule has 0 radical (unpaired) electrons. The molecule has 96 valence electrons. The number of aromatic nitrogens is 1. The van der Waals surface area contributed by atoms with Gasteiger partial charge in [0, 0.05) is 18.1 Å². The number of nitrogens with zero attached hydrogens (tertiary/aromatic N) is 2. The summed E-state index contributed by atoms with van der Waals surface area (Å²) in [6.07, 6.45) is -4.33. The van der Waals surface area contributed by atoms with E-state index < -0.39 is 11.7 Å². The summed E-state index contributed by atoms with van der Waals surface area (Å²) in [6.45, 7) is 1.92.